The Hall–Kier alpha value is -2.85. The smallest absolute Gasteiger partial charge is 0.129 e. The Morgan fingerprint density at radius 2 is 1.57 bits per heavy atom. The molecule has 0 saturated carbocycles. The van der Waals surface area contributed by atoms with Crippen molar-refractivity contribution in [2.45, 2.75) is 66.9 Å². The van der Waals surface area contributed by atoms with Crippen molar-refractivity contribution >= 4 is 0 Å². The molecule has 0 aliphatic rings. The summed E-state index contributed by atoms with van der Waals surface area (Å²) in [6.45, 7) is 14.9. The van der Waals surface area contributed by atoms with Crippen LogP contribution < -0.4 is 9.47 Å². The summed E-state index contributed by atoms with van der Waals surface area (Å²) in [6, 6.07) is 15.2. The number of hydrogen-bond acceptors (Lipinski definition) is 4. The van der Waals surface area contributed by atoms with Gasteiger partial charge in [-0.1, -0.05) is 58.0 Å². The monoisotopic (exact) mass is 474 g/mol. The number of aromatic nitrogens is 1. The van der Waals surface area contributed by atoms with E-state index < -0.39 is 0 Å². The Balaban J connectivity index is 2.01. The number of nitrogens with zero attached hydrogens (tertiary/aromatic N) is 2. The maximum Gasteiger partial charge on any atom is 0.129 e. The molecule has 2 aromatic carbocycles. The highest BCUT2D eigenvalue weighted by molar-refractivity contribution is 5.70. The molecule has 188 valence electrons. The van der Waals surface area contributed by atoms with E-state index in [4.69, 9.17) is 14.5 Å². The van der Waals surface area contributed by atoms with Crippen molar-refractivity contribution in [3.8, 4) is 22.8 Å². The second kappa shape index (κ2) is 12.2. The molecule has 0 N–H and O–H groups in total. The van der Waals surface area contributed by atoms with Gasteiger partial charge in [0.15, 0.2) is 0 Å². The van der Waals surface area contributed by atoms with Crippen LogP contribution in [-0.2, 0) is 19.4 Å². The van der Waals surface area contributed by atoms with Crippen LogP contribution in [0.5, 0.6) is 11.5 Å². The number of rotatable bonds is 11. The average Bonchev–Trinajstić information content (AvgIpc) is 2.83. The number of pyridine rings is 1. The summed E-state index contributed by atoms with van der Waals surface area (Å²) in [5.41, 5.74) is 9.24. The molecule has 0 saturated heterocycles. The van der Waals surface area contributed by atoms with E-state index in [2.05, 4.69) is 103 Å². The summed E-state index contributed by atoms with van der Waals surface area (Å²) in [5.74, 6) is 2.24. The molecule has 0 spiro atoms. The lowest BCUT2D eigenvalue weighted by Gasteiger charge is -2.20. The number of ether oxygens (including phenoxy) is 2. The summed E-state index contributed by atoms with van der Waals surface area (Å²) in [6.07, 6.45) is 1.94. The molecule has 4 heteroatoms. The Morgan fingerprint density at radius 3 is 2.17 bits per heavy atom. The predicted molar refractivity (Wildman–Crippen MR) is 147 cm³/mol. The predicted octanol–water partition coefficient (Wildman–Crippen LogP) is 7.13. The highest BCUT2D eigenvalue weighted by Gasteiger charge is 2.18. The minimum absolute atomic E-state index is 0.425. The molecule has 0 aliphatic heterocycles. The summed E-state index contributed by atoms with van der Waals surface area (Å²) >= 11 is 0. The Morgan fingerprint density at radius 1 is 0.886 bits per heavy atom. The first-order valence-electron chi connectivity index (χ1n) is 12.9. The van der Waals surface area contributed by atoms with Crippen LogP contribution in [0.25, 0.3) is 11.3 Å². The molecule has 0 aliphatic carbocycles. The summed E-state index contributed by atoms with van der Waals surface area (Å²) in [4.78, 5) is 7.21. The Kier molecular flexibility index (Phi) is 9.33. The fourth-order valence-electron chi connectivity index (χ4n) is 4.29. The van der Waals surface area contributed by atoms with Gasteiger partial charge in [-0.05, 0) is 75.0 Å². The van der Waals surface area contributed by atoms with Crippen molar-refractivity contribution in [3.63, 3.8) is 0 Å². The summed E-state index contributed by atoms with van der Waals surface area (Å²) < 4.78 is 12.7. The first kappa shape index (κ1) is 26.7. The van der Waals surface area contributed by atoms with E-state index in [0.717, 1.165) is 53.4 Å². The third kappa shape index (κ3) is 6.64. The first-order chi connectivity index (χ1) is 16.7. The zero-order valence-electron chi connectivity index (χ0n) is 22.9. The van der Waals surface area contributed by atoms with Crippen molar-refractivity contribution in [1.82, 2.24) is 9.88 Å². The third-order valence-corrected chi connectivity index (χ3v) is 6.59. The maximum absolute atomic E-state index is 6.37. The van der Waals surface area contributed by atoms with Crippen LogP contribution in [-0.4, -0.2) is 37.1 Å². The molecular formula is C31H42N2O2. The molecule has 3 rings (SSSR count). The van der Waals surface area contributed by atoms with Crippen molar-refractivity contribution in [2.75, 3.05) is 27.2 Å². The normalized spacial score (nSPS) is 11.4. The SMILES string of the molecule is CCc1cccc(CC)c1-c1cc(OCCN(C)C)c(COc2cc(C(C)C)ccc2C)c(C)n1. The minimum atomic E-state index is 0.425. The van der Waals surface area contributed by atoms with E-state index >= 15 is 0 Å². The zero-order valence-corrected chi connectivity index (χ0v) is 22.9. The van der Waals surface area contributed by atoms with Gasteiger partial charge in [-0.25, -0.2) is 0 Å². The molecular weight excluding hydrogens is 432 g/mol. The van der Waals surface area contributed by atoms with E-state index in [-0.39, 0.29) is 0 Å². The number of benzene rings is 2. The van der Waals surface area contributed by atoms with Gasteiger partial charge in [-0.2, -0.15) is 0 Å². The molecule has 4 nitrogen and oxygen atoms in total. The quantitative estimate of drug-likeness (QED) is 0.296. The van der Waals surface area contributed by atoms with Gasteiger partial charge in [0.2, 0.25) is 0 Å². The van der Waals surface area contributed by atoms with Gasteiger partial charge >= 0.3 is 0 Å². The van der Waals surface area contributed by atoms with Gasteiger partial charge in [-0.15, -0.1) is 0 Å². The van der Waals surface area contributed by atoms with Gasteiger partial charge in [0, 0.05) is 23.9 Å². The molecule has 0 amide bonds. The highest BCUT2D eigenvalue weighted by atomic mass is 16.5. The van der Waals surface area contributed by atoms with Crippen LogP contribution in [0.2, 0.25) is 0 Å². The number of likely N-dealkylation sites (N-methyl/N-ethyl adjacent to an activating group) is 1. The molecule has 0 unspecified atom stereocenters. The minimum Gasteiger partial charge on any atom is -0.492 e. The van der Waals surface area contributed by atoms with Crippen LogP contribution in [0.15, 0.2) is 42.5 Å². The number of aryl methyl sites for hydroxylation is 4. The summed E-state index contributed by atoms with van der Waals surface area (Å²) in [5, 5.41) is 0. The van der Waals surface area contributed by atoms with E-state index in [9.17, 15) is 0 Å². The number of hydrogen-bond donors (Lipinski definition) is 0. The lowest BCUT2D eigenvalue weighted by Crippen LogP contribution is -2.20. The van der Waals surface area contributed by atoms with Crippen LogP contribution >= 0.6 is 0 Å². The van der Waals surface area contributed by atoms with Crippen LogP contribution in [0.1, 0.15) is 67.1 Å². The zero-order chi connectivity index (χ0) is 25.5. The Bertz CT molecular complexity index is 1110. The van der Waals surface area contributed by atoms with Crippen molar-refractivity contribution in [2.24, 2.45) is 0 Å². The molecule has 0 bridgehead atoms. The topological polar surface area (TPSA) is 34.6 Å². The highest BCUT2D eigenvalue weighted by Crippen LogP contribution is 2.34. The van der Waals surface area contributed by atoms with Crippen LogP contribution in [0, 0.1) is 13.8 Å². The van der Waals surface area contributed by atoms with Crippen molar-refractivity contribution in [3.05, 3.63) is 76.0 Å². The first-order valence-corrected chi connectivity index (χ1v) is 12.9. The molecule has 1 heterocycles. The fraction of sp³-hybridized carbons (Fsp3) is 0.452. The molecule has 35 heavy (non-hydrogen) atoms. The van der Waals surface area contributed by atoms with Crippen LogP contribution in [0.4, 0.5) is 0 Å². The largest absolute Gasteiger partial charge is 0.492 e. The Labute approximate surface area is 212 Å². The molecule has 0 radical (unpaired) electrons. The van der Waals surface area contributed by atoms with E-state index in [1.54, 1.807) is 0 Å². The van der Waals surface area contributed by atoms with E-state index in [0.29, 0.717) is 19.1 Å². The van der Waals surface area contributed by atoms with Gasteiger partial charge in [-0.3, -0.25) is 4.98 Å². The van der Waals surface area contributed by atoms with E-state index in [1.165, 1.54) is 22.3 Å². The standard InChI is InChI=1S/C31H42N2O2/c1-9-24-12-11-13-25(10-2)31(24)28-19-30(34-17-16-33(7)8)27(23(6)32-28)20-35-29-18-26(21(3)4)15-14-22(29)5/h11-15,18-19,21H,9-10,16-17,20H2,1-8H3. The molecule has 1 aromatic heterocycles. The maximum atomic E-state index is 6.37. The average molecular weight is 475 g/mol. The van der Waals surface area contributed by atoms with Crippen LogP contribution in [0.3, 0.4) is 0 Å². The molecule has 3 aromatic rings. The second-order valence-corrected chi connectivity index (χ2v) is 9.85. The van der Waals surface area contributed by atoms with Crippen molar-refractivity contribution < 1.29 is 9.47 Å². The van der Waals surface area contributed by atoms with Gasteiger partial charge in [0.05, 0.1) is 11.3 Å². The molecule has 0 atom stereocenters. The second-order valence-electron chi connectivity index (χ2n) is 9.85. The summed E-state index contributed by atoms with van der Waals surface area (Å²) in [7, 11) is 4.12. The van der Waals surface area contributed by atoms with Gasteiger partial charge in [0.25, 0.3) is 0 Å². The fourth-order valence-corrected chi connectivity index (χ4v) is 4.29. The van der Waals surface area contributed by atoms with Gasteiger partial charge < -0.3 is 14.4 Å². The third-order valence-electron chi connectivity index (χ3n) is 6.59. The van der Waals surface area contributed by atoms with Crippen molar-refractivity contribution in [1.29, 1.82) is 0 Å². The lowest BCUT2D eigenvalue weighted by atomic mass is 9.94. The lowest BCUT2D eigenvalue weighted by molar-refractivity contribution is 0.248. The van der Waals surface area contributed by atoms with Gasteiger partial charge in [0.1, 0.15) is 24.7 Å². The molecule has 0 fully saturated rings. The van der Waals surface area contributed by atoms with E-state index in [1.807, 2.05) is 0 Å².